The van der Waals surface area contributed by atoms with Crippen LogP contribution in [0.25, 0.3) is 10.6 Å². The first-order valence-corrected chi connectivity index (χ1v) is 7.91. The van der Waals surface area contributed by atoms with Gasteiger partial charge in [-0.05, 0) is 36.8 Å². The van der Waals surface area contributed by atoms with E-state index in [1.807, 2.05) is 54.6 Å². The molecular formula is C18H14NO3S-. The highest BCUT2D eigenvalue weighted by Crippen LogP contribution is 2.29. The second-order valence-electron chi connectivity index (χ2n) is 5.02. The number of benzene rings is 2. The molecule has 4 nitrogen and oxygen atoms in total. The van der Waals surface area contributed by atoms with Crippen LogP contribution in [-0.2, 0) is 6.61 Å². The van der Waals surface area contributed by atoms with Crippen molar-refractivity contribution < 1.29 is 14.6 Å². The molecule has 23 heavy (non-hydrogen) atoms. The van der Waals surface area contributed by atoms with E-state index in [9.17, 15) is 9.90 Å². The minimum absolute atomic E-state index is 0.171. The van der Waals surface area contributed by atoms with Crippen molar-refractivity contribution in [1.82, 2.24) is 4.98 Å². The van der Waals surface area contributed by atoms with E-state index < -0.39 is 5.97 Å². The molecule has 0 fully saturated rings. The van der Waals surface area contributed by atoms with Gasteiger partial charge in [0.25, 0.3) is 0 Å². The second-order valence-corrected chi connectivity index (χ2v) is 6.02. The SMILES string of the molecule is Cc1nc(-c2ccc(OCc3ccccc3)cc2)sc1C(=O)[O-]. The van der Waals surface area contributed by atoms with Crippen molar-refractivity contribution in [2.75, 3.05) is 0 Å². The largest absolute Gasteiger partial charge is 0.544 e. The first-order chi connectivity index (χ1) is 11.1. The summed E-state index contributed by atoms with van der Waals surface area (Å²) in [6.45, 7) is 2.17. The topological polar surface area (TPSA) is 62.2 Å². The number of carbonyl (C=O) groups excluding carboxylic acids is 1. The van der Waals surface area contributed by atoms with Crippen LogP contribution in [0.5, 0.6) is 5.75 Å². The van der Waals surface area contributed by atoms with Gasteiger partial charge in [-0.25, -0.2) is 4.98 Å². The van der Waals surface area contributed by atoms with Gasteiger partial charge < -0.3 is 14.6 Å². The second kappa shape index (κ2) is 6.62. The number of carbonyl (C=O) groups is 1. The molecule has 0 N–H and O–H groups in total. The molecule has 116 valence electrons. The van der Waals surface area contributed by atoms with Crippen LogP contribution in [-0.4, -0.2) is 11.0 Å². The Kier molecular flexibility index (Phi) is 4.39. The van der Waals surface area contributed by atoms with E-state index in [4.69, 9.17) is 4.74 Å². The van der Waals surface area contributed by atoms with Crippen LogP contribution in [0.2, 0.25) is 0 Å². The molecule has 0 aliphatic heterocycles. The monoisotopic (exact) mass is 324 g/mol. The number of hydrogen-bond donors (Lipinski definition) is 0. The maximum absolute atomic E-state index is 11.0. The maximum atomic E-state index is 11.0. The molecule has 3 rings (SSSR count). The van der Waals surface area contributed by atoms with Crippen LogP contribution in [0.15, 0.2) is 54.6 Å². The summed E-state index contributed by atoms with van der Waals surface area (Å²) in [5, 5.41) is 11.6. The molecule has 0 aliphatic carbocycles. The minimum Gasteiger partial charge on any atom is -0.544 e. The molecule has 0 atom stereocenters. The molecule has 0 saturated heterocycles. The van der Waals surface area contributed by atoms with Crippen LogP contribution in [0.1, 0.15) is 20.9 Å². The molecule has 1 heterocycles. The van der Waals surface area contributed by atoms with Crippen LogP contribution < -0.4 is 9.84 Å². The quantitative estimate of drug-likeness (QED) is 0.723. The standard InChI is InChI=1S/C18H15NO3S/c1-12-16(18(20)21)23-17(19-12)14-7-9-15(10-8-14)22-11-13-5-3-2-4-6-13/h2-10H,11H2,1H3,(H,20,21)/p-1. The van der Waals surface area contributed by atoms with Crippen molar-refractivity contribution in [2.24, 2.45) is 0 Å². The molecule has 0 unspecified atom stereocenters. The van der Waals surface area contributed by atoms with Crippen LogP contribution in [0, 0.1) is 6.92 Å². The smallest absolute Gasteiger partial charge is 0.124 e. The van der Waals surface area contributed by atoms with E-state index in [-0.39, 0.29) is 4.88 Å². The zero-order valence-electron chi connectivity index (χ0n) is 12.5. The Labute approximate surface area is 138 Å². The maximum Gasteiger partial charge on any atom is 0.124 e. The lowest BCUT2D eigenvalue weighted by molar-refractivity contribution is -0.254. The summed E-state index contributed by atoms with van der Waals surface area (Å²) in [6, 6.07) is 17.4. The fourth-order valence-corrected chi connectivity index (χ4v) is 3.05. The van der Waals surface area contributed by atoms with Crippen molar-refractivity contribution in [3.8, 4) is 16.3 Å². The summed E-state index contributed by atoms with van der Waals surface area (Å²) in [4.78, 5) is 15.4. The Hall–Kier alpha value is -2.66. The van der Waals surface area contributed by atoms with E-state index in [1.54, 1.807) is 6.92 Å². The molecule has 5 heteroatoms. The molecule has 0 bridgehead atoms. The molecule has 0 amide bonds. The van der Waals surface area contributed by atoms with E-state index in [0.29, 0.717) is 17.3 Å². The van der Waals surface area contributed by atoms with E-state index in [2.05, 4.69) is 4.98 Å². The molecule has 1 aromatic heterocycles. The summed E-state index contributed by atoms with van der Waals surface area (Å²) in [6.07, 6.45) is 0. The number of aryl methyl sites for hydroxylation is 1. The minimum atomic E-state index is -1.19. The molecule has 2 aromatic carbocycles. The number of ether oxygens (including phenoxy) is 1. The van der Waals surface area contributed by atoms with Gasteiger partial charge in [-0.2, -0.15) is 0 Å². The van der Waals surface area contributed by atoms with Gasteiger partial charge in [-0.15, -0.1) is 11.3 Å². The Morgan fingerprint density at radius 3 is 2.43 bits per heavy atom. The number of nitrogens with zero attached hydrogens (tertiary/aromatic N) is 1. The Bertz CT molecular complexity index is 810. The van der Waals surface area contributed by atoms with Crippen molar-refractivity contribution >= 4 is 17.3 Å². The predicted octanol–water partition coefficient (Wildman–Crippen LogP) is 3.06. The third-order valence-corrected chi connectivity index (χ3v) is 4.52. The lowest BCUT2D eigenvalue weighted by Gasteiger charge is -2.06. The van der Waals surface area contributed by atoms with Crippen LogP contribution in [0.3, 0.4) is 0 Å². The Morgan fingerprint density at radius 1 is 1.13 bits per heavy atom. The van der Waals surface area contributed by atoms with Gasteiger partial charge in [-0.3, -0.25) is 0 Å². The average molecular weight is 324 g/mol. The molecule has 0 radical (unpaired) electrons. The first kappa shape index (κ1) is 15.2. The highest BCUT2D eigenvalue weighted by atomic mass is 32.1. The highest BCUT2D eigenvalue weighted by Gasteiger charge is 2.10. The fourth-order valence-electron chi connectivity index (χ4n) is 2.14. The van der Waals surface area contributed by atoms with Gasteiger partial charge in [0.05, 0.1) is 16.5 Å². The van der Waals surface area contributed by atoms with Crippen molar-refractivity contribution in [3.63, 3.8) is 0 Å². The lowest BCUT2D eigenvalue weighted by atomic mass is 10.2. The van der Waals surface area contributed by atoms with Crippen LogP contribution >= 0.6 is 11.3 Å². The van der Waals surface area contributed by atoms with Crippen molar-refractivity contribution in [2.45, 2.75) is 13.5 Å². The highest BCUT2D eigenvalue weighted by molar-refractivity contribution is 7.17. The summed E-state index contributed by atoms with van der Waals surface area (Å²) >= 11 is 1.12. The van der Waals surface area contributed by atoms with Crippen molar-refractivity contribution in [3.05, 3.63) is 70.7 Å². The molecule has 3 aromatic rings. The zero-order valence-corrected chi connectivity index (χ0v) is 13.3. The molecule has 0 saturated carbocycles. The predicted molar refractivity (Wildman–Crippen MR) is 87.4 cm³/mol. The van der Waals surface area contributed by atoms with E-state index in [1.165, 1.54) is 0 Å². The van der Waals surface area contributed by atoms with Gasteiger partial charge >= 0.3 is 0 Å². The van der Waals surface area contributed by atoms with Gasteiger partial charge in [0.15, 0.2) is 0 Å². The lowest BCUT2D eigenvalue weighted by Crippen LogP contribution is -2.21. The molecule has 0 spiro atoms. The summed E-state index contributed by atoms with van der Waals surface area (Å²) in [5.41, 5.74) is 2.44. The number of aromatic carboxylic acids is 1. The number of aromatic nitrogens is 1. The fraction of sp³-hybridized carbons (Fsp3) is 0.111. The Morgan fingerprint density at radius 2 is 1.83 bits per heavy atom. The van der Waals surface area contributed by atoms with Crippen LogP contribution in [0.4, 0.5) is 0 Å². The third-order valence-electron chi connectivity index (χ3n) is 3.33. The van der Waals surface area contributed by atoms with E-state index >= 15 is 0 Å². The summed E-state index contributed by atoms with van der Waals surface area (Å²) < 4.78 is 5.73. The van der Waals surface area contributed by atoms with Crippen molar-refractivity contribution in [1.29, 1.82) is 0 Å². The number of thiazole rings is 1. The molecular weight excluding hydrogens is 310 g/mol. The number of rotatable bonds is 5. The number of hydrogen-bond acceptors (Lipinski definition) is 5. The summed E-state index contributed by atoms with van der Waals surface area (Å²) in [7, 11) is 0. The normalized spacial score (nSPS) is 10.5. The number of carboxylic acid groups (broad SMARTS) is 1. The molecule has 0 aliphatic rings. The van der Waals surface area contributed by atoms with Gasteiger partial charge in [0.2, 0.25) is 0 Å². The number of carboxylic acids is 1. The average Bonchev–Trinajstić information content (AvgIpc) is 2.96. The van der Waals surface area contributed by atoms with E-state index in [0.717, 1.165) is 28.2 Å². The first-order valence-electron chi connectivity index (χ1n) is 7.09. The third kappa shape index (κ3) is 3.57. The van der Waals surface area contributed by atoms with Gasteiger partial charge in [0, 0.05) is 5.56 Å². The van der Waals surface area contributed by atoms with Gasteiger partial charge in [-0.1, -0.05) is 30.3 Å². The van der Waals surface area contributed by atoms with Gasteiger partial charge in [0.1, 0.15) is 17.4 Å². The Balaban J connectivity index is 1.72. The zero-order chi connectivity index (χ0) is 16.2. The summed E-state index contributed by atoms with van der Waals surface area (Å²) in [5.74, 6) is -0.430.